The third-order valence-corrected chi connectivity index (χ3v) is 3.97. The summed E-state index contributed by atoms with van der Waals surface area (Å²) in [5.41, 5.74) is 3.41. The summed E-state index contributed by atoms with van der Waals surface area (Å²) in [6.45, 7) is 3.91. The maximum absolute atomic E-state index is 12.9. The van der Waals surface area contributed by atoms with Gasteiger partial charge in [0.15, 0.2) is 0 Å². The number of hydrogen-bond acceptors (Lipinski definition) is 4. The Morgan fingerprint density at radius 1 is 1.08 bits per heavy atom. The van der Waals surface area contributed by atoms with Gasteiger partial charge in [-0.2, -0.15) is 0 Å². The Kier molecular flexibility index (Phi) is 5.14. The van der Waals surface area contributed by atoms with Crippen molar-refractivity contribution in [2.45, 2.75) is 13.8 Å². The molecule has 5 nitrogen and oxygen atoms in total. The Morgan fingerprint density at radius 3 is 2.42 bits per heavy atom. The summed E-state index contributed by atoms with van der Waals surface area (Å²) in [4.78, 5) is 20.5. The number of nitrogens with one attached hydrogen (secondary N) is 2. The van der Waals surface area contributed by atoms with Crippen LogP contribution in [0, 0.1) is 19.7 Å². The molecule has 0 bridgehead atoms. The Morgan fingerprint density at radius 2 is 1.81 bits per heavy atom. The van der Waals surface area contributed by atoms with Crippen LogP contribution in [0.3, 0.4) is 0 Å². The van der Waals surface area contributed by atoms with Crippen LogP contribution in [0.25, 0.3) is 0 Å². The van der Waals surface area contributed by atoms with Crippen molar-refractivity contribution in [3.8, 4) is 0 Å². The first-order valence-electron chi connectivity index (χ1n) is 7.85. The number of carbonyl (C=O) groups excluding carboxylic acids is 1. The molecule has 0 saturated carbocycles. The number of aryl methyl sites for hydroxylation is 2. The Hall–Kier alpha value is -2.99. The van der Waals surface area contributed by atoms with Crippen LogP contribution in [0.5, 0.6) is 0 Å². The number of halogens is 2. The van der Waals surface area contributed by atoms with Crippen molar-refractivity contribution in [3.05, 3.63) is 76.5 Å². The summed E-state index contributed by atoms with van der Waals surface area (Å²) in [6, 6.07) is 9.34. The minimum absolute atomic E-state index is 0.145. The normalized spacial score (nSPS) is 10.5. The van der Waals surface area contributed by atoms with E-state index in [0.29, 0.717) is 16.5 Å². The van der Waals surface area contributed by atoms with Crippen LogP contribution in [0.15, 0.2) is 48.8 Å². The third-order valence-electron chi connectivity index (χ3n) is 3.67. The van der Waals surface area contributed by atoms with Gasteiger partial charge in [-0.3, -0.25) is 4.79 Å². The number of carbonyl (C=O) groups is 1. The summed E-state index contributed by atoms with van der Waals surface area (Å²) >= 11 is 6.27. The van der Waals surface area contributed by atoms with Gasteiger partial charge in [0.2, 0.25) is 0 Å². The summed E-state index contributed by atoms with van der Waals surface area (Å²) in [5, 5.41) is 6.33. The second kappa shape index (κ2) is 7.49. The van der Waals surface area contributed by atoms with Crippen LogP contribution in [0.1, 0.15) is 21.6 Å². The van der Waals surface area contributed by atoms with E-state index in [1.54, 1.807) is 0 Å². The van der Waals surface area contributed by atoms with Crippen molar-refractivity contribution < 1.29 is 9.18 Å². The van der Waals surface area contributed by atoms with E-state index in [1.165, 1.54) is 36.7 Å². The van der Waals surface area contributed by atoms with Crippen LogP contribution in [0.4, 0.5) is 21.6 Å². The van der Waals surface area contributed by atoms with E-state index in [9.17, 15) is 9.18 Å². The van der Waals surface area contributed by atoms with E-state index < -0.39 is 5.91 Å². The summed E-state index contributed by atoms with van der Waals surface area (Å²) in [6.07, 6.45) is 2.81. The fourth-order valence-corrected chi connectivity index (χ4v) is 2.81. The number of benzene rings is 2. The number of anilines is 3. The lowest BCUT2D eigenvalue weighted by atomic mass is 10.1. The van der Waals surface area contributed by atoms with Crippen LogP contribution < -0.4 is 10.6 Å². The molecule has 2 aromatic carbocycles. The largest absolute Gasteiger partial charge is 0.338 e. The van der Waals surface area contributed by atoms with Crippen molar-refractivity contribution in [2.24, 2.45) is 0 Å². The molecule has 0 aliphatic rings. The monoisotopic (exact) mass is 370 g/mol. The van der Waals surface area contributed by atoms with Gasteiger partial charge in [0, 0.05) is 5.69 Å². The van der Waals surface area contributed by atoms with Gasteiger partial charge in [-0.05, 0) is 55.3 Å². The SMILES string of the molecule is Cc1cc(C)c(Nc2cnc(C(=O)Nc3ccc(F)cc3)cn2)c(Cl)c1. The molecule has 3 aromatic rings. The molecular weight excluding hydrogens is 355 g/mol. The number of aromatic nitrogens is 2. The second-order valence-corrected chi connectivity index (χ2v) is 6.22. The summed E-state index contributed by atoms with van der Waals surface area (Å²) in [5.74, 6) is -0.333. The Labute approximate surface area is 155 Å². The molecule has 132 valence electrons. The van der Waals surface area contributed by atoms with Crippen molar-refractivity contribution in [1.82, 2.24) is 9.97 Å². The van der Waals surface area contributed by atoms with Gasteiger partial charge in [-0.1, -0.05) is 17.7 Å². The van der Waals surface area contributed by atoms with E-state index in [4.69, 9.17) is 11.6 Å². The zero-order valence-corrected chi connectivity index (χ0v) is 14.9. The van der Waals surface area contributed by atoms with Crippen molar-refractivity contribution in [3.63, 3.8) is 0 Å². The number of nitrogens with zero attached hydrogens (tertiary/aromatic N) is 2. The Balaban J connectivity index is 1.72. The van der Waals surface area contributed by atoms with Gasteiger partial charge in [0.05, 0.1) is 23.1 Å². The molecule has 0 aliphatic heterocycles. The first kappa shape index (κ1) is 17.8. The maximum atomic E-state index is 12.9. The predicted octanol–water partition coefficient (Wildman–Crippen LogP) is 4.88. The average molecular weight is 371 g/mol. The van der Waals surface area contributed by atoms with Crippen LogP contribution >= 0.6 is 11.6 Å². The van der Waals surface area contributed by atoms with Gasteiger partial charge < -0.3 is 10.6 Å². The third kappa shape index (κ3) is 4.15. The topological polar surface area (TPSA) is 66.9 Å². The fraction of sp³-hybridized carbons (Fsp3) is 0.105. The molecule has 0 saturated heterocycles. The molecule has 0 unspecified atom stereocenters. The molecule has 1 amide bonds. The van der Waals surface area contributed by atoms with Crippen molar-refractivity contribution in [1.29, 1.82) is 0 Å². The van der Waals surface area contributed by atoms with E-state index >= 15 is 0 Å². The standard InChI is InChI=1S/C19H16ClFN4O/c1-11-7-12(2)18(15(20)8-11)25-17-10-22-16(9-23-17)19(26)24-14-5-3-13(21)4-6-14/h3-10H,1-2H3,(H,23,25)(H,24,26). The molecule has 1 aromatic heterocycles. The maximum Gasteiger partial charge on any atom is 0.275 e. The minimum atomic E-state index is -0.430. The van der Waals surface area contributed by atoms with Crippen LogP contribution in [-0.4, -0.2) is 15.9 Å². The highest BCUT2D eigenvalue weighted by Gasteiger charge is 2.10. The van der Waals surface area contributed by atoms with E-state index in [2.05, 4.69) is 20.6 Å². The smallest absolute Gasteiger partial charge is 0.275 e. The zero-order valence-electron chi connectivity index (χ0n) is 14.2. The van der Waals surface area contributed by atoms with Crippen molar-refractivity contribution >= 4 is 34.7 Å². The van der Waals surface area contributed by atoms with Gasteiger partial charge in [0.25, 0.3) is 5.91 Å². The lowest BCUT2D eigenvalue weighted by molar-refractivity contribution is 0.102. The Bertz CT molecular complexity index is 920. The first-order valence-corrected chi connectivity index (χ1v) is 8.23. The van der Waals surface area contributed by atoms with E-state index in [1.807, 2.05) is 26.0 Å². The molecule has 7 heteroatoms. The predicted molar refractivity (Wildman–Crippen MR) is 101 cm³/mol. The average Bonchev–Trinajstić information content (AvgIpc) is 2.60. The molecule has 3 rings (SSSR count). The highest BCUT2D eigenvalue weighted by molar-refractivity contribution is 6.33. The molecular formula is C19H16ClFN4O. The van der Waals surface area contributed by atoms with E-state index in [-0.39, 0.29) is 11.5 Å². The molecule has 26 heavy (non-hydrogen) atoms. The zero-order chi connectivity index (χ0) is 18.7. The molecule has 0 atom stereocenters. The first-order chi connectivity index (χ1) is 12.4. The molecule has 0 aliphatic carbocycles. The fourth-order valence-electron chi connectivity index (χ4n) is 2.44. The van der Waals surface area contributed by atoms with Gasteiger partial charge >= 0.3 is 0 Å². The molecule has 1 heterocycles. The summed E-state index contributed by atoms with van der Waals surface area (Å²) < 4.78 is 12.9. The minimum Gasteiger partial charge on any atom is -0.338 e. The van der Waals surface area contributed by atoms with Crippen molar-refractivity contribution in [2.75, 3.05) is 10.6 Å². The van der Waals surface area contributed by atoms with Gasteiger partial charge in [-0.15, -0.1) is 0 Å². The van der Waals surface area contributed by atoms with Crippen LogP contribution in [0.2, 0.25) is 5.02 Å². The molecule has 2 N–H and O–H groups in total. The van der Waals surface area contributed by atoms with E-state index in [0.717, 1.165) is 16.8 Å². The quantitative estimate of drug-likeness (QED) is 0.686. The highest BCUT2D eigenvalue weighted by Crippen LogP contribution is 2.29. The second-order valence-electron chi connectivity index (χ2n) is 5.81. The lowest BCUT2D eigenvalue weighted by Gasteiger charge is -2.12. The highest BCUT2D eigenvalue weighted by atomic mass is 35.5. The number of hydrogen-bond donors (Lipinski definition) is 2. The van der Waals surface area contributed by atoms with Crippen LogP contribution in [-0.2, 0) is 0 Å². The molecule has 0 fully saturated rings. The summed E-state index contributed by atoms with van der Waals surface area (Å²) in [7, 11) is 0. The lowest BCUT2D eigenvalue weighted by Crippen LogP contribution is -2.14. The van der Waals surface area contributed by atoms with Gasteiger partial charge in [-0.25, -0.2) is 14.4 Å². The molecule has 0 radical (unpaired) electrons. The molecule has 0 spiro atoms. The number of rotatable bonds is 4. The van der Waals surface area contributed by atoms with Gasteiger partial charge in [0.1, 0.15) is 17.3 Å². The number of amides is 1.